The SMILES string of the molecule is CC(CC(=O)O)c1ccc(-c2ccccc2N(C)C)o1. The molecule has 0 saturated carbocycles. The van der Waals surface area contributed by atoms with Crippen molar-refractivity contribution in [3.05, 3.63) is 42.2 Å². The molecule has 2 rings (SSSR count). The Labute approximate surface area is 118 Å². The number of aliphatic carboxylic acids is 1. The smallest absolute Gasteiger partial charge is 0.304 e. The minimum Gasteiger partial charge on any atom is -0.481 e. The third-order valence-corrected chi connectivity index (χ3v) is 3.24. The highest BCUT2D eigenvalue weighted by Gasteiger charge is 2.16. The Kier molecular flexibility index (Phi) is 4.13. The fourth-order valence-electron chi connectivity index (χ4n) is 2.20. The van der Waals surface area contributed by atoms with Gasteiger partial charge in [0.05, 0.1) is 6.42 Å². The minimum atomic E-state index is -0.816. The topological polar surface area (TPSA) is 53.7 Å². The zero-order valence-electron chi connectivity index (χ0n) is 12.0. The van der Waals surface area contributed by atoms with Crippen LogP contribution < -0.4 is 4.90 Å². The first kappa shape index (κ1) is 14.2. The van der Waals surface area contributed by atoms with Crippen molar-refractivity contribution in [3.63, 3.8) is 0 Å². The van der Waals surface area contributed by atoms with E-state index in [4.69, 9.17) is 9.52 Å². The molecule has 2 aromatic rings. The van der Waals surface area contributed by atoms with Gasteiger partial charge in [0.2, 0.25) is 0 Å². The van der Waals surface area contributed by atoms with E-state index in [1.54, 1.807) is 0 Å². The van der Waals surface area contributed by atoms with E-state index < -0.39 is 5.97 Å². The summed E-state index contributed by atoms with van der Waals surface area (Å²) in [4.78, 5) is 12.8. The molecule has 1 N–H and O–H groups in total. The molecule has 0 amide bonds. The van der Waals surface area contributed by atoms with E-state index in [2.05, 4.69) is 0 Å². The van der Waals surface area contributed by atoms with Crippen molar-refractivity contribution in [1.29, 1.82) is 0 Å². The zero-order chi connectivity index (χ0) is 14.7. The number of hydrogen-bond acceptors (Lipinski definition) is 3. The molecule has 4 nitrogen and oxygen atoms in total. The lowest BCUT2D eigenvalue weighted by atomic mass is 10.1. The second-order valence-corrected chi connectivity index (χ2v) is 5.11. The lowest BCUT2D eigenvalue weighted by Crippen LogP contribution is -2.09. The number of hydrogen-bond donors (Lipinski definition) is 1. The minimum absolute atomic E-state index is 0.0717. The maximum Gasteiger partial charge on any atom is 0.304 e. The number of carbonyl (C=O) groups is 1. The number of anilines is 1. The fourth-order valence-corrected chi connectivity index (χ4v) is 2.20. The van der Waals surface area contributed by atoms with Crippen LogP contribution in [0.25, 0.3) is 11.3 Å². The number of para-hydroxylation sites is 1. The summed E-state index contributed by atoms with van der Waals surface area (Å²) in [5.41, 5.74) is 2.07. The third kappa shape index (κ3) is 3.02. The van der Waals surface area contributed by atoms with E-state index in [-0.39, 0.29) is 12.3 Å². The molecular weight excluding hydrogens is 254 g/mol. The summed E-state index contributed by atoms with van der Waals surface area (Å²) >= 11 is 0. The molecule has 106 valence electrons. The van der Waals surface area contributed by atoms with Crippen molar-refractivity contribution in [3.8, 4) is 11.3 Å². The van der Waals surface area contributed by atoms with Crippen molar-refractivity contribution in [2.45, 2.75) is 19.3 Å². The highest BCUT2D eigenvalue weighted by molar-refractivity contribution is 5.75. The fraction of sp³-hybridized carbons (Fsp3) is 0.312. The molecule has 0 aliphatic carbocycles. The molecule has 1 heterocycles. The van der Waals surface area contributed by atoms with Gasteiger partial charge in [-0.3, -0.25) is 4.79 Å². The second kappa shape index (κ2) is 5.82. The van der Waals surface area contributed by atoms with Gasteiger partial charge >= 0.3 is 5.97 Å². The Balaban J connectivity index is 2.31. The van der Waals surface area contributed by atoms with Crippen LogP contribution >= 0.6 is 0 Å². The maximum absolute atomic E-state index is 10.8. The highest BCUT2D eigenvalue weighted by Crippen LogP contribution is 2.33. The Hall–Kier alpha value is -2.23. The molecule has 0 bridgehead atoms. The van der Waals surface area contributed by atoms with Gasteiger partial charge in [0, 0.05) is 31.3 Å². The molecule has 1 aromatic carbocycles. The number of benzene rings is 1. The van der Waals surface area contributed by atoms with Crippen molar-refractivity contribution >= 4 is 11.7 Å². The van der Waals surface area contributed by atoms with E-state index in [9.17, 15) is 4.79 Å². The van der Waals surface area contributed by atoms with Gasteiger partial charge in [-0.1, -0.05) is 19.1 Å². The van der Waals surface area contributed by atoms with Crippen molar-refractivity contribution in [2.75, 3.05) is 19.0 Å². The largest absolute Gasteiger partial charge is 0.481 e. The standard InChI is InChI=1S/C16H19NO3/c1-11(10-16(18)19)14-8-9-15(20-14)12-6-4-5-7-13(12)17(2)3/h4-9,11H,10H2,1-3H3,(H,18,19). The van der Waals surface area contributed by atoms with E-state index in [1.165, 1.54) is 0 Å². The van der Waals surface area contributed by atoms with Gasteiger partial charge in [-0.25, -0.2) is 0 Å². The number of carboxylic acids is 1. The molecule has 1 atom stereocenters. The van der Waals surface area contributed by atoms with Gasteiger partial charge < -0.3 is 14.4 Å². The highest BCUT2D eigenvalue weighted by atomic mass is 16.4. The molecule has 1 unspecified atom stereocenters. The van der Waals surface area contributed by atoms with Gasteiger partial charge in [-0.15, -0.1) is 0 Å². The van der Waals surface area contributed by atoms with Crippen LogP contribution in [-0.2, 0) is 4.79 Å². The first-order valence-electron chi connectivity index (χ1n) is 6.57. The first-order valence-corrected chi connectivity index (χ1v) is 6.57. The van der Waals surface area contributed by atoms with E-state index >= 15 is 0 Å². The number of nitrogens with zero attached hydrogens (tertiary/aromatic N) is 1. The van der Waals surface area contributed by atoms with Crippen LogP contribution in [0.5, 0.6) is 0 Å². The number of carboxylic acid groups (broad SMARTS) is 1. The Morgan fingerprint density at radius 1 is 1.25 bits per heavy atom. The molecule has 0 saturated heterocycles. The second-order valence-electron chi connectivity index (χ2n) is 5.11. The van der Waals surface area contributed by atoms with Crippen LogP contribution in [0.15, 0.2) is 40.8 Å². The quantitative estimate of drug-likeness (QED) is 0.904. The van der Waals surface area contributed by atoms with Gasteiger partial charge in [0.1, 0.15) is 11.5 Å². The molecule has 0 radical (unpaired) electrons. The molecule has 4 heteroatoms. The molecule has 20 heavy (non-hydrogen) atoms. The molecule has 1 aromatic heterocycles. The van der Waals surface area contributed by atoms with E-state index in [1.807, 2.05) is 62.3 Å². The van der Waals surface area contributed by atoms with Gasteiger partial charge in [0.15, 0.2) is 0 Å². The Morgan fingerprint density at radius 2 is 1.95 bits per heavy atom. The number of furan rings is 1. The summed E-state index contributed by atoms with van der Waals surface area (Å²) in [5, 5.41) is 8.84. The van der Waals surface area contributed by atoms with Crippen LogP contribution in [0.4, 0.5) is 5.69 Å². The van der Waals surface area contributed by atoms with Crippen molar-refractivity contribution < 1.29 is 14.3 Å². The Bertz CT molecular complexity index is 601. The van der Waals surface area contributed by atoms with Gasteiger partial charge in [-0.05, 0) is 24.3 Å². The molecule has 0 spiro atoms. The van der Waals surface area contributed by atoms with Crippen LogP contribution in [0.1, 0.15) is 25.0 Å². The molecular formula is C16H19NO3. The first-order chi connectivity index (χ1) is 9.49. The average molecular weight is 273 g/mol. The van der Waals surface area contributed by atoms with Crippen LogP contribution in [0.3, 0.4) is 0 Å². The maximum atomic E-state index is 10.8. The Morgan fingerprint density at radius 3 is 2.60 bits per heavy atom. The number of rotatable bonds is 5. The monoisotopic (exact) mass is 273 g/mol. The third-order valence-electron chi connectivity index (χ3n) is 3.24. The van der Waals surface area contributed by atoms with E-state index in [0.29, 0.717) is 5.76 Å². The average Bonchev–Trinajstić information content (AvgIpc) is 2.87. The van der Waals surface area contributed by atoms with Gasteiger partial charge in [-0.2, -0.15) is 0 Å². The summed E-state index contributed by atoms with van der Waals surface area (Å²) in [5.74, 6) is 0.523. The van der Waals surface area contributed by atoms with Gasteiger partial charge in [0.25, 0.3) is 0 Å². The lowest BCUT2D eigenvalue weighted by Gasteiger charge is -2.16. The summed E-state index contributed by atoms with van der Waals surface area (Å²) in [6.07, 6.45) is 0.0717. The predicted molar refractivity (Wildman–Crippen MR) is 79.1 cm³/mol. The summed E-state index contributed by atoms with van der Waals surface area (Å²) in [7, 11) is 3.96. The summed E-state index contributed by atoms with van der Waals surface area (Å²) < 4.78 is 5.83. The molecule has 0 fully saturated rings. The zero-order valence-corrected chi connectivity index (χ0v) is 12.0. The van der Waals surface area contributed by atoms with Crippen LogP contribution in [0, 0.1) is 0 Å². The summed E-state index contributed by atoms with van der Waals surface area (Å²) in [6.45, 7) is 1.86. The molecule has 0 aliphatic rings. The van der Waals surface area contributed by atoms with Crippen LogP contribution in [0.2, 0.25) is 0 Å². The molecule has 0 aliphatic heterocycles. The van der Waals surface area contributed by atoms with E-state index in [0.717, 1.165) is 17.0 Å². The van der Waals surface area contributed by atoms with Crippen LogP contribution in [-0.4, -0.2) is 25.2 Å². The predicted octanol–water partition coefficient (Wildman–Crippen LogP) is 3.59. The van der Waals surface area contributed by atoms with Crippen molar-refractivity contribution in [1.82, 2.24) is 0 Å². The normalized spacial score (nSPS) is 12.2. The summed E-state index contributed by atoms with van der Waals surface area (Å²) in [6, 6.07) is 11.7. The lowest BCUT2D eigenvalue weighted by molar-refractivity contribution is -0.137. The van der Waals surface area contributed by atoms with Crippen molar-refractivity contribution in [2.24, 2.45) is 0 Å².